The van der Waals surface area contributed by atoms with Gasteiger partial charge in [-0.2, -0.15) is 13.2 Å². The molecule has 1 unspecified atom stereocenters. The van der Waals surface area contributed by atoms with Crippen molar-refractivity contribution in [2.75, 3.05) is 18.0 Å². The van der Waals surface area contributed by atoms with Gasteiger partial charge in [0.05, 0.1) is 11.1 Å². The summed E-state index contributed by atoms with van der Waals surface area (Å²) >= 11 is 0. The molecule has 2 aromatic heterocycles. The lowest BCUT2D eigenvalue weighted by Gasteiger charge is -2.33. The average Bonchev–Trinajstić information content (AvgIpc) is 3.09. The standard InChI is InChI=1S/C21H21F3N4O3/c1-13(28-16-4-2-3-5-17(16)31-20(28)30)19(29)26-15-8-10-27(11-9-15)18-7-6-14(12-25-18)21(22,23)24/h2-7,12-13,15H,8-11H2,1H3,(H,26,29). The Balaban J connectivity index is 1.37. The maximum atomic E-state index is 12.7. The van der Waals surface area contributed by atoms with Gasteiger partial charge >= 0.3 is 11.9 Å². The first kappa shape index (κ1) is 21.0. The lowest BCUT2D eigenvalue weighted by Crippen LogP contribution is -2.47. The van der Waals surface area contributed by atoms with Crippen molar-refractivity contribution in [3.63, 3.8) is 0 Å². The first-order valence-electron chi connectivity index (χ1n) is 9.92. The normalized spacial score (nSPS) is 16.5. The summed E-state index contributed by atoms with van der Waals surface area (Å²) in [6, 6.07) is 8.44. The molecule has 0 saturated carbocycles. The second kappa shape index (κ2) is 8.09. The van der Waals surface area contributed by atoms with Crippen molar-refractivity contribution in [1.29, 1.82) is 0 Å². The van der Waals surface area contributed by atoms with E-state index < -0.39 is 23.5 Å². The number of benzene rings is 1. The highest BCUT2D eigenvalue weighted by atomic mass is 19.4. The van der Waals surface area contributed by atoms with E-state index >= 15 is 0 Å². The van der Waals surface area contributed by atoms with Crippen LogP contribution in [0.1, 0.15) is 31.4 Å². The maximum Gasteiger partial charge on any atom is 0.420 e. The summed E-state index contributed by atoms with van der Waals surface area (Å²) in [4.78, 5) is 30.8. The van der Waals surface area contributed by atoms with Gasteiger partial charge in [-0.25, -0.2) is 9.78 Å². The van der Waals surface area contributed by atoms with E-state index in [1.54, 1.807) is 31.2 Å². The summed E-state index contributed by atoms with van der Waals surface area (Å²) in [5, 5.41) is 2.96. The van der Waals surface area contributed by atoms with Crippen LogP contribution in [-0.2, 0) is 11.0 Å². The summed E-state index contributed by atoms with van der Waals surface area (Å²) in [6.45, 7) is 2.73. The summed E-state index contributed by atoms with van der Waals surface area (Å²) in [5.41, 5.74) is 0.192. The van der Waals surface area contributed by atoms with E-state index in [0.29, 0.717) is 42.8 Å². The quantitative estimate of drug-likeness (QED) is 0.681. The first-order chi connectivity index (χ1) is 14.7. The number of hydrogen-bond acceptors (Lipinski definition) is 5. The predicted octanol–water partition coefficient (Wildman–Crippen LogP) is 3.35. The minimum Gasteiger partial charge on any atom is -0.408 e. The molecule has 1 atom stereocenters. The van der Waals surface area contributed by atoms with Crippen LogP contribution in [0.15, 0.2) is 51.8 Å². The molecule has 4 rings (SSSR count). The number of piperidine rings is 1. The zero-order valence-corrected chi connectivity index (χ0v) is 16.7. The summed E-state index contributed by atoms with van der Waals surface area (Å²) in [7, 11) is 0. The lowest BCUT2D eigenvalue weighted by molar-refractivity contribution is -0.137. The molecule has 1 aliphatic rings. The zero-order chi connectivity index (χ0) is 22.2. The first-order valence-corrected chi connectivity index (χ1v) is 9.92. The molecule has 1 amide bonds. The van der Waals surface area contributed by atoms with E-state index in [0.717, 1.165) is 12.3 Å². The summed E-state index contributed by atoms with van der Waals surface area (Å²) in [6.07, 6.45) is -2.36. The molecule has 0 aliphatic carbocycles. The molecule has 0 bridgehead atoms. The number of pyridine rings is 1. The Kier molecular flexibility index (Phi) is 5.47. The number of nitrogens with zero attached hydrogens (tertiary/aromatic N) is 3. The monoisotopic (exact) mass is 434 g/mol. The number of hydrogen-bond donors (Lipinski definition) is 1. The van der Waals surface area contributed by atoms with Crippen LogP contribution in [0.3, 0.4) is 0 Å². The number of rotatable bonds is 4. The minimum absolute atomic E-state index is 0.102. The van der Waals surface area contributed by atoms with Crippen LogP contribution in [0.5, 0.6) is 0 Å². The molecule has 0 radical (unpaired) electrons. The number of halogens is 3. The van der Waals surface area contributed by atoms with Crippen LogP contribution in [0, 0.1) is 0 Å². The van der Waals surface area contributed by atoms with Crippen LogP contribution in [0.25, 0.3) is 11.1 Å². The Morgan fingerprint density at radius 2 is 1.90 bits per heavy atom. The van der Waals surface area contributed by atoms with Crippen LogP contribution < -0.4 is 16.0 Å². The van der Waals surface area contributed by atoms with Crippen molar-refractivity contribution in [3.8, 4) is 0 Å². The van der Waals surface area contributed by atoms with E-state index in [2.05, 4.69) is 10.3 Å². The smallest absolute Gasteiger partial charge is 0.408 e. The third kappa shape index (κ3) is 4.28. The van der Waals surface area contributed by atoms with Crippen LogP contribution >= 0.6 is 0 Å². The highest BCUT2D eigenvalue weighted by Gasteiger charge is 2.31. The molecule has 1 N–H and O–H groups in total. The fourth-order valence-electron chi connectivity index (χ4n) is 3.78. The number of nitrogens with one attached hydrogen (secondary N) is 1. The van der Waals surface area contributed by atoms with E-state index in [1.165, 1.54) is 10.6 Å². The van der Waals surface area contributed by atoms with Crippen molar-refractivity contribution in [3.05, 3.63) is 58.7 Å². The second-order valence-corrected chi connectivity index (χ2v) is 7.55. The zero-order valence-electron chi connectivity index (χ0n) is 16.7. The van der Waals surface area contributed by atoms with Crippen LogP contribution in [0.2, 0.25) is 0 Å². The molecule has 164 valence electrons. The molecule has 10 heteroatoms. The van der Waals surface area contributed by atoms with Gasteiger partial charge in [0.25, 0.3) is 0 Å². The van der Waals surface area contributed by atoms with Crippen LogP contribution in [-0.4, -0.2) is 34.6 Å². The molecule has 1 fully saturated rings. The lowest BCUT2D eigenvalue weighted by atomic mass is 10.0. The summed E-state index contributed by atoms with van der Waals surface area (Å²) < 4.78 is 44.6. The van der Waals surface area contributed by atoms with Gasteiger partial charge in [-0.1, -0.05) is 12.1 Å². The van der Waals surface area contributed by atoms with Gasteiger partial charge in [-0.15, -0.1) is 0 Å². The molecule has 7 nitrogen and oxygen atoms in total. The van der Waals surface area contributed by atoms with Gasteiger partial charge in [0.1, 0.15) is 11.9 Å². The number of para-hydroxylation sites is 2. The highest BCUT2D eigenvalue weighted by molar-refractivity contribution is 5.83. The third-order valence-corrected chi connectivity index (χ3v) is 5.53. The number of fused-ring (bicyclic) bond motifs is 1. The van der Waals surface area contributed by atoms with Gasteiger partial charge in [0.2, 0.25) is 5.91 Å². The number of alkyl halides is 3. The number of aromatic nitrogens is 2. The van der Waals surface area contributed by atoms with Gasteiger partial charge < -0.3 is 14.6 Å². The molecule has 1 saturated heterocycles. The van der Waals surface area contributed by atoms with Gasteiger partial charge in [-0.3, -0.25) is 9.36 Å². The van der Waals surface area contributed by atoms with Crippen molar-refractivity contribution in [2.24, 2.45) is 0 Å². The summed E-state index contributed by atoms with van der Waals surface area (Å²) in [5.74, 6) is -0.408. The van der Waals surface area contributed by atoms with Gasteiger partial charge in [0.15, 0.2) is 5.58 Å². The number of oxazole rings is 1. The molecular weight excluding hydrogens is 413 g/mol. The maximum absolute atomic E-state index is 12.7. The van der Waals surface area contributed by atoms with Crippen molar-refractivity contribution >= 4 is 22.8 Å². The van der Waals surface area contributed by atoms with Crippen molar-refractivity contribution in [2.45, 2.75) is 38.0 Å². The fraction of sp³-hybridized carbons (Fsp3) is 0.381. The van der Waals surface area contributed by atoms with Crippen LogP contribution in [0.4, 0.5) is 19.0 Å². The SMILES string of the molecule is CC(C(=O)NC1CCN(c2ccc(C(F)(F)F)cn2)CC1)n1c(=O)oc2ccccc21. The Morgan fingerprint density at radius 1 is 1.19 bits per heavy atom. The molecule has 3 aromatic rings. The molecule has 1 aliphatic heterocycles. The minimum atomic E-state index is -4.41. The third-order valence-electron chi connectivity index (χ3n) is 5.53. The Hall–Kier alpha value is -3.30. The Morgan fingerprint density at radius 3 is 2.55 bits per heavy atom. The van der Waals surface area contributed by atoms with Crippen molar-refractivity contribution < 1.29 is 22.4 Å². The van der Waals surface area contributed by atoms with E-state index in [-0.39, 0.29) is 11.9 Å². The molecule has 0 spiro atoms. The number of anilines is 1. The largest absolute Gasteiger partial charge is 0.420 e. The predicted molar refractivity (Wildman–Crippen MR) is 108 cm³/mol. The second-order valence-electron chi connectivity index (χ2n) is 7.55. The number of amides is 1. The molecule has 3 heterocycles. The van der Waals surface area contributed by atoms with Gasteiger partial charge in [-0.05, 0) is 44.0 Å². The highest BCUT2D eigenvalue weighted by Crippen LogP contribution is 2.30. The topological polar surface area (TPSA) is 80.4 Å². The van der Waals surface area contributed by atoms with Crippen molar-refractivity contribution in [1.82, 2.24) is 14.9 Å². The fourth-order valence-corrected chi connectivity index (χ4v) is 3.78. The molecule has 31 heavy (non-hydrogen) atoms. The average molecular weight is 434 g/mol. The molecular formula is C21H21F3N4O3. The van der Waals surface area contributed by atoms with E-state index in [4.69, 9.17) is 4.42 Å². The van der Waals surface area contributed by atoms with E-state index in [9.17, 15) is 22.8 Å². The Labute approximate surface area is 175 Å². The van der Waals surface area contributed by atoms with E-state index in [1.807, 2.05) is 4.90 Å². The number of carbonyl (C=O) groups excluding carboxylic acids is 1. The van der Waals surface area contributed by atoms with Gasteiger partial charge in [0, 0.05) is 25.3 Å². The Bertz CT molecular complexity index is 1130. The molecule has 1 aromatic carbocycles. The number of carbonyl (C=O) groups is 1.